The molecule has 0 fully saturated rings. The van der Waals surface area contributed by atoms with E-state index in [0.717, 1.165) is 0 Å². The summed E-state index contributed by atoms with van der Waals surface area (Å²) in [4.78, 5) is 10.6. The highest BCUT2D eigenvalue weighted by atomic mass is 31.2. The zero-order valence-electron chi connectivity index (χ0n) is 15.7. The molecule has 0 aliphatic rings. The summed E-state index contributed by atoms with van der Waals surface area (Å²) in [5, 5.41) is 21.9. The number of rotatable bonds is 6. The van der Waals surface area contributed by atoms with Crippen molar-refractivity contribution in [3.8, 4) is 11.3 Å². The lowest BCUT2D eigenvalue weighted by atomic mass is 10.1. The van der Waals surface area contributed by atoms with Gasteiger partial charge in [-0.05, 0) is 19.4 Å². The van der Waals surface area contributed by atoms with Gasteiger partial charge in [0.1, 0.15) is 12.7 Å². The number of hydrogen-bond acceptors (Lipinski definition) is 6. The number of fused-ring (bicyclic) bond motifs is 1. The van der Waals surface area contributed by atoms with Crippen molar-refractivity contribution in [3.05, 3.63) is 36.2 Å². The van der Waals surface area contributed by atoms with Gasteiger partial charge in [-0.25, -0.2) is 9.97 Å². The second-order valence-electron chi connectivity index (χ2n) is 6.91. The van der Waals surface area contributed by atoms with Crippen LogP contribution in [0.5, 0.6) is 0 Å². The lowest BCUT2D eigenvalue weighted by Crippen LogP contribution is -2.29. The molecule has 156 valence electrons. The maximum Gasteiger partial charge on any atom is 0.419 e. The summed E-state index contributed by atoms with van der Waals surface area (Å²) in [6.07, 6.45) is -2.66. The average Bonchev–Trinajstić information content (AvgIpc) is 3.08. The summed E-state index contributed by atoms with van der Waals surface area (Å²) < 4.78 is 53.4. The molecule has 0 aliphatic carbocycles. The van der Waals surface area contributed by atoms with Crippen molar-refractivity contribution in [2.45, 2.75) is 12.2 Å². The van der Waals surface area contributed by atoms with Gasteiger partial charge < -0.3 is 25.1 Å². The average molecular weight is 428 g/mol. The van der Waals surface area contributed by atoms with Crippen molar-refractivity contribution in [2.24, 2.45) is 0 Å². The van der Waals surface area contributed by atoms with Crippen LogP contribution in [0, 0.1) is 0 Å². The lowest BCUT2D eigenvalue weighted by molar-refractivity contribution is -0.137. The van der Waals surface area contributed by atoms with Crippen LogP contribution in [0.3, 0.4) is 0 Å². The van der Waals surface area contributed by atoms with E-state index in [4.69, 9.17) is 0 Å². The summed E-state index contributed by atoms with van der Waals surface area (Å²) in [5.41, 5.74) is -0.733. The highest BCUT2D eigenvalue weighted by Gasteiger charge is 2.36. The van der Waals surface area contributed by atoms with E-state index in [1.807, 2.05) is 0 Å². The first-order chi connectivity index (χ1) is 13.6. The fourth-order valence-electron chi connectivity index (χ4n) is 2.98. The van der Waals surface area contributed by atoms with Crippen LogP contribution in [0.1, 0.15) is 5.56 Å². The minimum Gasteiger partial charge on any atom is -0.394 e. The molecule has 0 bridgehead atoms. The molecule has 0 radical (unpaired) electrons. The van der Waals surface area contributed by atoms with E-state index in [9.17, 15) is 27.9 Å². The highest BCUT2D eigenvalue weighted by Crippen LogP contribution is 2.41. The Balaban J connectivity index is 2.22. The van der Waals surface area contributed by atoms with E-state index in [-0.39, 0.29) is 17.2 Å². The van der Waals surface area contributed by atoms with Crippen molar-refractivity contribution in [3.63, 3.8) is 0 Å². The number of alkyl halides is 3. The Morgan fingerprint density at radius 2 is 1.93 bits per heavy atom. The first kappa shape index (κ1) is 21.3. The van der Waals surface area contributed by atoms with Gasteiger partial charge in [-0.1, -0.05) is 12.1 Å². The maximum atomic E-state index is 13.6. The molecule has 1 aromatic carbocycles. The van der Waals surface area contributed by atoms with Gasteiger partial charge in [-0.2, -0.15) is 13.2 Å². The Bertz CT molecular complexity index is 1070. The Morgan fingerprint density at radius 3 is 2.52 bits per heavy atom. The molecule has 0 spiro atoms. The number of para-hydroxylation sites is 1. The molecule has 4 N–H and O–H groups in total. The van der Waals surface area contributed by atoms with Gasteiger partial charge in [0.2, 0.25) is 5.95 Å². The van der Waals surface area contributed by atoms with Crippen LogP contribution in [0.25, 0.3) is 22.2 Å². The third kappa shape index (κ3) is 4.29. The van der Waals surface area contributed by atoms with Crippen LogP contribution >= 0.6 is 7.14 Å². The van der Waals surface area contributed by atoms with Gasteiger partial charge in [0.25, 0.3) is 0 Å². The molecule has 2 heterocycles. The van der Waals surface area contributed by atoms with E-state index < -0.39 is 38.1 Å². The van der Waals surface area contributed by atoms with Crippen molar-refractivity contribution in [1.82, 2.24) is 15.0 Å². The molecule has 0 unspecified atom stereocenters. The van der Waals surface area contributed by atoms with E-state index in [1.165, 1.54) is 6.20 Å². The zero-order chi connectivity index (χ0) is 21.4. The smallest absolute Gasteiger partial charge is 0.394 e. The standard InChI is InChI=1S/C18H20F3N4O3P/c1-29(2,28)14-5-3-4-11-12(6-22-16(11)14)15-13(18(19,20)21)7-23-17(25-15)24-10(8-26)9-27/h3-7,10,22,26-27H,8-9H2,1-2H3,(H,23,24,25). The molecular weight excluding hydrogens is 408 g/mol. The number of H-pyrrole nitrogens is 1. The van der Waals surface area contributed by atoms with E-state index >= 15 is 0 Å². The predicted molar refractivity (Wildman–Crippen MR) is 105 cm³/mol. The van der Waals surface area contributed by atoms with Crippen molar-refractivity contribution in [2.75, 3.05) is 31.9 Å². The Labute approximate surface area is 164 Å². The fourth-order valence-corrected chi connectivity index (χ4v) is 4.15. The van der Waals surface area contributed by atoms with Gasteiger partial charge in [0.05, 0.1) is 30.5 Å². The Hall–Kier alpha value is -2.42. The summed E-state index contributed by atoms with van der Waals surface area (Å²) in [6.45, 7) is 2.27. The van der Waals surface area contributed by atoms with E-state index in [2.05, 4.69) is 20.3 Å². The number of aromatic amines is 1. The molecular formula is C18H20F3N4O3P. The van der Waals surface area contributed by atoms with Crippen LogP contribution in [-0.2, 0) is 10.7 Å². The monoisotopic (exact) mass is 428 g/mol. The minimum absolute atomic E-state index is 0.164. The number of hydrogen-bond donors (Lipinski definition) is 4. The van der Waals surface area contributed by atoms with E-state index in [0.29, 0.717) is 22.4 Å². The molecule has 3 aromatic rings. The normalized spacial score (nSPS) is 12.7. The highest BCUT2D eigenvalue weighted by molar-refractivity contribution is 7.70. The van der Waals surface area contributed by atoms with Gasteiger partial charge in [0.15, 0.2) is 0 Å². The fraction of sp³-hybridized carbons (Fsp3) is 0.333. The first-order valence-corrected chi connectivity index (χ1v) is 11.2. The number of aromatic nitrogens is 3. The SMILES string of the molecule is CP(C)(=O)c1cccc2c(-c3nc(NC(CO)CO)ncc3C(F)(F)F)c[nH]c12. The molecule has 0 aliphatic heterocycles. The topological polar surface area (TPSA) is 111 Å². The molecule has 3 rings (SSSR count). The van der Waals surface area contributed by atoms with Crippen LogP contribution < -0.4 is 10.6 Å². The van der Waals surface area contributed by atoms with Crippen LogP contribution in [0.15, 0.2) is 30.6 Å². The van der Waals surface area contributed by atoms with Gasteiger partial charge in [-0.3, -0.25) is 0 Å². The van der Waals surface area contributed by atoms with Crippen molar-refractivity contribution in [1.29, 1.82) is 0 Å². The minimum atomic E-state index is -4.70. The van der Waals surface area contributed by atoms with E-state index in [1.54, 1.807) is 31.5 Å². The molecule has 0 saturated heterocycles. The number of halogens is 3. The maximum absolute atomic E-state index is 13.6. The van der Waals surface area contributed by atoms with Crippen LogP contribution in [-0.4, -0.2) is 57.8 Å². The third-order valence-corrected chi connectivity index (χ3v) is 5.93. The first-order valence-electron chi connectivity index (χ1n) is 8.64. The second kappa shape index (κ2) is 7.78. The quantitative estimate of drug-likeness (QED) is 0.450. The zero-order valence-corrected chi connectivity index (χ0v) is 16.6. The molecule has 11 heteroatoms. The number of aliphatic hydroxyl groups excluding tert-OH is 2. The van der Waals surface area contributed by atoms with Gasteiger partial charge >= 0.3 is 6.18 Å². The summed E-state index contributed by atoms with van der Waals surface area (Å²) in [7, 11) is -2.68. The van der Waals surface area contributed by atoms with Gasteiger partial charge in [0, 0.05) is 28.6 Å². The second-order valence-corrected chi connectivity index (χ2v) is 10.1. The molecule has 7 nitrogen and oxygen atoms in total. The number of nitrogens with zero attached hydrogens (tertiary/aromatic N) is 2. The van der Waals surface area contributed by atoms with Crippen LogP contribution in [0.4, 0.5) is 19.1 Å². The molecule has 0 saturated carbocycles. The molecule has 0 amide bonds. The summed E-state index contributed by atoms with van der Waals surface area (Å²) >= 11 is 0. The number of benzene rings is 1. The van der Waals surface area contributed by atoms with Crippen molar-refractivity contribution < 1.29 is 27.9 Å². The Morgan fingerprint density at radius 1 is 1.24 bits per heavy atom. The van der Waals surface area contributed by atoms with Crippen molar-refractivity contribution >= 4 is 29.3 Å². The largest absolute Gasteiger partial charge is 0.419 e. The number of aliphatic hydroxyl groups is 2. The van der Waals surface area contributed by atoms with Gasteiger partial charge in [-0.15, -0.1) is 0 Å². The summed E-state index contributed by atoms with van der Waals surface area (Å²) in [5.74, 6) is -0.164. The predicted octanol–water partition coefficient (Wildman–Crippen LogP) is 2.66. The number of nitrogens with one attached hydrogen (secondary N) is 2. The summed E-state index contributed by atoms with van der Waals surface area (Å²) in [6, 6.07) is 4.12. The molecule has 0 atom stereocenters. The lowest BCUT2D eigenvalue weighted by Gasteiger charge is -2.16. The molecule has 29 heavy (non-hydrogen) atoms. The molecule has 2 aromatic heterocycles. The number of anilines is 1. The third-order valence-electron chi connectivity index (χ3n) is 4.40. The van der Waals surface area contributed by atoms with Crippen LogP contribution in [0.2, 0.25) is 0 Å². The Kier molecular flexibility index (Phi) is 5.71.